The number of pyridine rings is 1. The van der Waals surface area contributed by atoms with Crippen molar-refractivity contribution in [3.8, 4) is 5.75 Å². The van der Waals surface area contributed by atoms with Crippen LogP contribution in [0.4, 0.5) is 0 Å². The number of nitrogens with one attached hydrogen (secondary N) is 1. The van der Waals surface area contributed by atoms with Crippen LogP contribution in [0, 0.1) is 0 Å². The molecule has 0 fully saturated rings. The van der Waals surface area contributed by atoms with Crippen molar-refractivity contribution in [2.24, 2.45) is 0 Å². The number of benzene rings is 2. The Balaban J connectivity index is 1.87. The van der Waals surface area contributed by atoms with Gasteiger partial charge < -0.3 is 4.74 Å². The number of hydrogen-bond donors (Lipinski definition) is 2. The van der Waals surface area contributed by atoms with Crippen molar-refractivity contribution in [2.75, 3.05) is 0 Å². The average Bonchev–Trinajstić information content (AvgIpc) is 2.65. The first-order chi connectivity index (χ1) is 11.8. The molecule has 0 saturated heterocycles. The van der Waals surface area contributed by atoms with Crippen molar-refractivity contribution in [2.45, 2.75) is 6.61 Å². The summed E-state index contributed by atoms with van der Waals surface area (Å²) >= 11 is 0. The molecule has 0 bridgehead atoms. The van der Waals surface area contributed by atoms with E-state index >= 15 is 0 Å². The number of para-hydroxylation sites is 1. The van der Waals surface area contributed by atoms with Gasteiger partial charge in [-0.15, -0.1) is 0 Å². The zero-order chi connectivity index (χ0) is 16.8. The van der Waals surface area contributed by atoms with E-state index < -0.39 is 5.91 Å². The zero-order valence-corrected chi connectivity index (χ0v) is 12.8. The Morgan fingerprint density at radius 3 is 2.71 bits per heavy atom. The third kappa shape index (κ3) is 3.77. The molecular weight excluding hydrogens is 304 g/mol. The normalized spacial score (nSPS) is 10.9. The van der Waals surface area contributed by atoms with E-state index in [9.17, 15) is 4.79 Å². The second kappa shape index (κ2) is 7.39. The van der Waals surface area contributed by atoms with Crippen LogP contribution in [0.3, 0.4) is 0 Å². The topological polar surface area (TPSA) is 71.5 Å². The Morgan fingerprint density at radius 2 is 1.92 bits per heavy atom. The van der Waals surface area contributed by atoms with Gasteiger partial charge in [-0.1, -0.05) is 48.5 Å². The molecule has 0 aliphatic heterocycles. The van der Waals surface area contributed by atoms with Gasteiger partial charge in [0.1, 0.15) is 17.9 Å². The highest BCUT2D eigenvalue weighted by Gasteiger charge is 2.05. The fraction of sp³-hybridized carbons (Fsp3) is 0.0526. The maximum atomic E-state index is 11.1. The molecule has 0 aliphatic rings. The van der Waals surface area contributed by atoms with Crippen molar-refractivity contribution < 1.29 is 14.7 Å². The van der Waals surface area contributed by atoms with Crippen LogP contribution >= 0.6 is 0 Å². The van der Waals surface area contributed by atoms with Crippen LogP contribution < -0.4 is 10.2 Å². The van der Waals surface area contributed by atoms with Crippen molar-refractivity contribution in [3.63, 3.8) is 0 Å². The first-order valence-electron chi connectivity index (χ1n) is 7.45. The van der Waals surface area contributed by atoms with Crippen LogP contribution in [-0.4, -0.2) is 16.1 Å². The Kier molecular flexibility index (Phi) is 4.84. The molecule has 24 heavy (non-hydrogen) atoms. The number of hydroxylamine groups is 1. The van der Waals surface area contributed by atoms with E-state index in [-0.39, 0.29) is 0 Å². The largest absolute Gasteiger partial charge is 0.487 e. The van der Waals surface area contributed by atoms with Gasteiger partial charge in [0.2, 0.25) is 0 Å². The summed E-state index contributed by atoms with van der Waals surface area (Å²) in [4.78, 5) is 15.6. The Bertz CT molecular complexity index is 876. The highest BCUT2D eigenvalue weighted by Crippen LogP contribution is 2.25. The molecule has 1 aromatic heterocycles. The highest BCUT2D eigenvalue weighted by molar-refractivity contribution is 5.91. The summed E-state index contributed by atoms with van der Waals surface area (Å²) in [7, 11) is 0. The molecule has 5 heteroatoms. The van der Waals surface area contributed by atoms with Crippen molar-refractivity contribution in [3.05, 3.63) is 78.0 Å². The number of amides is 1. The number of ether oxygens (including phenoxy) is 1. The van der Waals surface area contributed by atoms with Crippen LogP contribution in [-0.2, 0) is 11.4 Å². The molecule has 0 unspecified atom stereocenters. The van der Waals surface area contributed by atoms with Crippen LogP contribution in [0.5, 0.6) is 5.75 Å². The fourth-order valence-electron chi connectivity index (χ4n) is 2.28. The second-order valence-corrected chi connectivity index (χ2v) is 5.15. The molecule has 1 amide bonds. The van der Waals surface area contributed by atoms with Gasteiger partial charge >= 0.3 is 0 Å². The number of carbonyl (C=O) groups excluding carboxylic acids is 1. The monoisotopic (exact) mass is 320 g/mol. The molecule has 3 rings (SSSR count). The minimum atomic E-state index is -0.606. The number of fused-ring (bicyclic) bond motifs is 1. The molecule has 0 saturated carbocycles. The minimum absolute atomic E-state index is 0.453. The highest BCUT2D eigenvalue weighted by atomic mass is 16.5. The minimum Gasteiger partial charge on any atom is -0.487 e. The lowest BCUT2D eigenvalue weighted by Gasteiger charge is -2.09. The van der Waals surface area contributed by atoms with Crippen molar-refractivity contribution in [1.29, 1.82) is 0 Å². The quantitative estimate of drug-likeness (QED) is 0.430. The first kappa shape index (κ1) is 15.7. The number of carbonyl (C=O) groups is 1. The molecule has 5 nitrogen and oxygen atoms in total. The fourth-order valence-corrected chi connectivity index (χ4v) is 2.28. The molecule has 0 radical (unpaired) electrons. The van der Waals surface area contributed by atoms with Crippen molar-refractivity contribution >= 4 is 22.9 Å². The molecule has 2 aromatic carbocycles. The average molecular weight is 320 g/mol. The number of hydrogen-bond acceptors (Lipinski definition) is 4. The van der Waals surface area contributed by atoms with E-state index in [4.69, 9.17) is 9.94 Å². The molecular formula is C19H16N2O3. The molecule has 0 aliphatic carbocycles. The van der Waals surface area contributed by atoms with E-state index in [1.54, 1.807) is 11.5 Å². The van der Waals surface area contributed by atoms with Crippen LogP contribution in [0.1, 0.15) is 11.3 Å². The van der Waals surface area contributed by atoms with E-state index in [0.717, 1.165) is 16.5 Å². The SMILES string of the molecule is O=C(/C=C/c1ccc2cccc(OCc3ccccc3)c2n1)NO. The van der Waals surface area contributed by atoms with Gasteiger partial charge in [-0.3, -0.25) is 10.0 Å². The maximum absolute atomic E-state index is 11.1. The van der Waals surface area contributed by atoms with Gasteiger partial charge in [0.25, 0.3) is 5.91 Å². The summed E-state index contributed by atoms with van der Waals surface area (Å²) < 4.78 is 5.90. The third-order valence-corrected chi connectivity index (χ3v) is 3.46. The van der Waals surface area contributed by atoms with Gasteiger partial charge in [0.05, 0.1) is 5.69 Å². The smallest absolute Gasteiger partial charge is 0.267 e. The van der Waals surface area contributed by atoms with Gasteiger partial charge in [-0.2, -0.15) is 0 Å². The van der Waals surface area contributed by atoms with Gasteiger partial charge in [0, 0.05) is 11.5 Å². The lowest BCUT2D eigenvalue weighted by molar-refractivity contribution is -0.124. The molecule has 2 N–H and O–H groups in total. The van der Waals surface area contributed by atoms with Crippen LogP contribution in [0.15, 0.2) is 66.7 Å². The van der Waals surface area contributed by atoms with Crippen molar-refractivity contribution in [1.82, 2.24) is 10.5 Å². The predicted molar refractivity (Wildman–Crippen MR) is 91.5 cm³/mol. The second-order valence-electron chi connectivity index (χ2n) is 5.15. The van der Waals surface area contributed by atoms with E-state index in [2.05, 4.69) is 4.98 Å². The lowest BCUT2D eigenvalue weighted by atomic mass is 10.2. The summed E-state index contributed by atoms with van der Waals surface area (Å²) in [6.45, 7) is 0.453. The zero-order valence-electron chi connectivity index (χ0n) is 12.8. The van der Waals surface area contributed by atoms with Gasteiger partial charge in [-0.25, -0.2) is 10.5 Å². The standard InChI is InChI=1S/C19H16N2O3/c22-18(21-23)12-11-16-10-9-15-7-4-8-17(19(15)20-16)24-13-14-5-2-1-3-6-14/h1-12,23H,13H2,(H,21,22)/b12-11+. The van der Waals surface area contributed by atoms with Gasteiger partial charge in [0.15, 0.2) is 0 Å². The van der Waals surface area contributed by atoms with E-state index in [0.29, 0.717) is 18.1 Å². The van der Waals surface area contributed by atoms with Crippen LogP contribution in [0.25, 0.3) is 17.0 Å². The molecule has 120 valence electrons. The first-order valence-corrected chi connectivity index (χ1v) is 7.45. The maximum Gasteiger partial charge on any atom is 0.267 e. The lowest BCUT2D eigenvalue weighted by Crippen LogP contribution is -2.14. The summed E-state index contributed by atoms with van der Waals surface area (Å²) in [5, 5.41) is 9.46. The Hall–Kier alpha value is -3.18. The Labute approximate surface area is 139 Å². The third-order valence-electron chi connectivity index (χ3n) is 3.46. The predicted octanol–water partition coefficient (Wildman–Crippen LogP) is 3.33. The summed E-state index contributed by atoms with van der Waals surface area (Å²) in [6, 6.07) is 19.3. The summed E-state index contributed by atoms with van der Waals surface area (Å²) in [6.07, 6.45) is 2.74. The molecule has 3 aromatic rings. The van der Waals surface area contributed by atoms with E-state index in [1.165, 1.54) is 12.2 Å². The Morgan fingerprint density at radius 1 is 1.08 bits per heavy atom. The van der Waals surface area contributed by atoms with E-state index in [1.807, 2.05) is 54.6 Å². The number of nitrogens with zero attached hydrogens (tertiary/aromatic N) is 1. The molecule has 0 atom stereocenters. The van der Waals surface area contributed by atoms with Crippen LogP contribution in [0.2, 0.25) is 0 Å². The number of aromatic nitrogens is 1. The molecule has 0 spiro atoms. The summed E-state index contributed by atoms with van der Waals surface area (Å²) in [5.74, 6) is 0.0729. The van der Waals surface area contributed by atoms with Gasteiger partial charge in [-0.05, 0) is 23.8 Å². The number of rotatable bonds is 5. The molecule has 1 heterocycles. The summed E-state index contributed by atoms with van der Waals surface area (Å²) in [5.41, 5.74) is 3.94.